The molecule has 0 bridgehead atoms. The third-order valence-electron chi connectivity index (χ3n) is 3.50. The summed E-state index contributed by atoms with van der Waals surface area (Å²) in [7, 11) is 0. The Morgan fingerprint density at radius 3 is 2.89 bits per heavy atom. The summed E-state index contributed by atoms with van der Waals surface area (Å²) in [6.07, 6.45) is 1.87. The molecule has 0 saturated heterocycles. The van der Waals surface area contributed by atoms with Gasteiger partial charge in [0.05, 0.1) is 5.71 Å². The van der Waals surface area contributed by atoms with Gasteiger partial charge in [-0.05, 0) is 23.9 Å². The Morgan fingerprint density at radius 1 is 1.21 bits per heavy atom. The third-order valence-corrected chi connectivity index (χ3v) is 4.44. The summed E-state index contributed by atoms with van der Waals surface area (Å²) < 4.78 is 0. The summed E-state index contributed by atoms with van der Waals surface area (Å²) in [5, 5.41) is 14.6. The van der Waals surface area contributed by atoms with E-state index in [9.17, 15) is 0 Å². The molecule has 98 valence electrons. The maximum atomic E-state index is 9.08. The van der Waals surface area contributed by atoms with Crippen molar-refractivity contribution in [2.75, 3.05) is 18.0 Å². The first-order chi connectivity index (χ1) is 9.38. The van der Waals surface area contributed by atoms with E-state index in [1.165, 1.54) is 10.6 Å². The number of rotatable bonds is 3. The zero-order chi connectivity index (χ0) is 13.1. The molecule has 0 radical (unpaired) electrons. The average molecular weight is 272 g/mol. The standard InChI is InChI=1S/C15H16N2OS/c18-16-14-8-10-17(9-7-12-4-3-11-19-12)15-6-2-1-5-13(14)15/h1-6,11,18H,7-10H2. The number of benzene rings is 1. The minimum absolute atomic E-state index is 0.794. The van der Waals surface area contributed by atoms with Gasteiger partial charge >= 0.3 is 0 Å². The summed E-state index contributed by atoms with van der Waals surface area (Å²) in [5.41, 5.74) is 3.03. The van der Waals surface area contributed by atoms with Gasteiger partial charge in [0.25, 0.3) is 0 Å². The third kappa shape index (κ3) is 2.49. The van der Waals surface area contributed by atoms with Gasteiger partial charge in [0.1, 0.15) is 0 Å². The van der Waals surface area contributed by atoms with Gasteiger partial charge in [-0.15, -0.1) is 11.3 Å². The molecule has 2 heterocycles. The van der Waals surface area contributed by atoms with Crippen LogP contribution in [-0.4, -0.2) is 24.0 Å². The van der Waals surface area contributed by atoms with Gasteiger partial charge in [-0.3, -0.25) is 0 Å². The van der Waals surface area contributed by atoms with Crippen molar-refractivity contribution < 1.29 is 5.21 Å². The molecule has 4 heteroatoms. The van der Waals surface area contributed by atoms with Crippen LogP contribution in [0.4, 0.5) is 5.69 Å². The largest absolute Gasteiger partial charge is 0.411 e. The van der Waals surface area contributed by atoms with Crippen molar-refractivity contribution in [3.63, 3.8) is 0 Å². The van der Waals surface area contributed by atoms with Crippen molar-refractivity contribution in [2.24, 2.45) is 5.16 Å². The lowest BCUT2D eigenvalue weighted by molar-refractivity contribution is 0.318. The Labute approximate surface area is 116 Å². The molecule has 0 saturated carbocycles. The van der Waals surface area contributed by atoms with Crippen LogP contribution in [0.15, 0.2) is 46.9 Å². The highest BCUT2D eigenvalue weighted by Crippen LogP contribution is 2.27. The van der Waals surface area contributed by atoms with E-state index in [2.05, 4.69) is 33.6 Å². The topological polar surface area (TPSA) is 35.8 Å². The fourth-order valence-corrected chi connectivity index (χ4v) is 3.22. The molecule has 1 aliphatic heterocycles. The predicted octanol–water partition coefficient (Wildman–Crippen LogP) is 3.38. The fraction of sp³-hybridized carbons (Fsp3) is 0.267. The summed E-state index contributed by atoms with van der Waals surface area (Å²) in [6.45, 7) is 1.93. The van der Waals surface area contributed by atoms with Crippen molar-refractivity contribution in [3.8, 4) is 0 Å². The molecule has 19 heavy (non-hydrogen) atoms. The first-order valence-electron chi connectivity index (χ1n) is 6.46. The first kappa shape index (κ1) is 12.2. The van der Waals surface area contributed by atoms with E-state index in [4.69, 9.17) is 5.21 Å². The average Bonchev–Trinajstić information content (AvgIpc) is 2.98. The van der Waals surface area contributed by atoms with Crippen LogP contribution in [0, 0.1) is 0 Å². The van der Waals surface area contributed by atoms with Crippen LogP contribution in [0.5, 0.6) is 0 Å². The number of para-hydroxylation sites is 1. The molecule has 3 rings (SSSR count). The van der Waals surface area contributed by atoms with Gasteiger partial charge in [0.15, 0.2) is 0 Å². The van der Waals surface area contributed by atoms with Crippen LogP contribution < -0.4 is 4.90 Å². The van der Waals surface area contributed by atoms with Crippen molar-refractivity contribution in [3.05, 3.63) is 52.2 Å². The summed E-state index contributed by atoms with van der Waals surface area (Å²) in [4.78, 5) is 3.79. The van der Waals surface area contributed by atoms with Crippen molar-refractivity contribution in [1.82, 2.24) is 0 Å². The normalized spacial score (nSPS) is 16.6. The second-order valence-electron chi connectivity index (χ2n) is 4.63. The Bertz CT molecular complexity index is 578. The van der Waals surface area contributed by atoms with Crippen molar-refractivity contribution >= 4 is 22.7 Å². The number of anilines is 1. The number of oxime groups is 1. The Hall–Kier alpha value is -1.81. The molecule has 1 N–H and O–H groups in total. The highest BCUT2D eigenvalue weighted by molar-refractivity contribution is 7.09. The number of thiophene rings is 1. The predicted molar refractivity (Wildman–Crippen MR) is 79.6 cm³/mol. The Balaban J connectivity index is 1.80. The Morgan fingerprint density at radius 2 is 2.11 bits per heavy atom. The van der Waals surface area contributed by atoms with Gasteiger partial charge in [0.2, 0.25) is 0 Å². The number of hydrogen-bond acceptors (Lipinski definition) is 4. The van der Waals surface area contributed by atoms with Crippen molar-refractivity contribution in [1.29, 1.82) is 0 Å². The highest BCUT2D eigenvalue weighted by atomic mass is 32.1. The molecule has 0 aliphatic carbocycles. The van der Waals surface area contributed by atoms with E-state index in [1.54, 1.807) is 0 Å². The van der Waals surface area contributed by atoms with E-state index in [0.717, 1.165) is 37.2 Å². The maximum absolute atomic E-state index is 9.08. The molecule has 0 fully saturated rings. The zero-order valence-electron chi connectivity index (χ0n) is 10.6. The van der Waals surface area contributed by atoms with E-state index in [0.29, 0.717) is 0 Å². The molecule has 0 unspecified atom stereocenters. The molecular formula is C15H16N2OS. The van der Waals surface area contributed by atoms with E-state index in [1.807, 2.05) is 29.5 Å². The monoisotopic (exact) mass is 272 g/mol. The van der Waals surface area contributed by atoms with Gasteiger partial charge in [-0.1, -0.05) is 29.4 Å². The van der Waals surface area contributed by atoms with Crippen molar-refractivity contribution in [2.45, 2.75) is 12.8 Å². The van der Waals surface area contributed by atoms with Crippen LogP contribution in [0.1, 0.15) is 16.9 Å². The SMILES string of the molecule is ON=C1CCN(CCc2cccs2)c2ccccc21. The number of nitrogens with zero attached hydrogens (tertiary/aromatic N) is 2. The second-order valence-corrected chi connectivity index (χ2v) is 5.66. The van der Waals surface area contributed by atoms with Crippen LogP contribution in [0.25, 0.3) is 0 Å². The maximum Gasteiger partial charge on any atom is 0.0906 e. The van der Waals surface area contributed by atoms with Gasteiger partial charge in [0, 0.05) is 35.6 Å². The summed E-state index contributed by atoms with van der Waals surface area (Å²) in [5.74, 6) is 0. The van der Waals surface area contributed by atoms with Crippen LogP contribution in [-0.2, 0) is 6.42 Å². The van der Waals surface area contributed by atoms with E-state index >= 15 is 0 Å². The highest BCUT2D eigenvalue weighted by Gasteiger charge is 2.21. The number of hydrogen-bond donors (Lipinski definition) is 1. The molecule has 1 aromatic carbocycles. The molecule has 1 aliphatic rings. The second kappa shape index (κ2) is 5.45. The smallest absolute Gasteiger partial charge is 0.0906 e. The molecule has 0 amide bonds. The van der Waals surface area contributed by atoms with E-state index in [-0.39, 0.29) is 0 Å². The summed E-state index contributed by atoms with van der Waals surface area (Å²) >= 11 is 1.81. The number of fused-ring (bicyclic) bond motifs is 1. The first-order valence-corrected chi connectivity index (χ1v) is 7.34. The Kier molecular flexibility index (Phi) is 3.51. The lowest BCUT2D eigenvalue weighted by Gasteiger charge is -2.31. The molecule has 3 nitrogen and oxygen atoms in total. The van der Waals surface area contributed by atoms with Crippen LogP contribution in [0.3, 0.4) is 0 Å². The van der Waals surface area contributed by atoms with E-state index < -0.39 is 0 Å². The summed E-state index contributed by atoms with van der Waals surface area (Å²) in [6, 6.07) is 12.4. The molecule has 0 spiro atoms. The minimum atomic E-state index is 0.794. The quantitative estimate of drug-likeness (QED) is 0.687. The lowest BCUT2D eigenvalue weighted by Crippen LogP contribution is -2.33. The van der Waals surface area contributed by atoms with Crippen LogP contribution >= 0.6 is 11.3 Å². The molecule has 2 aromatic rings. The van der Waals surface area contributed by atoms with Gasteiger partial charge < -0.3 is 10.1 Å². The fourth-order valence-electron chi connectivity index (χ4n) is 2.53. The lowest BCUT2D eigenvalue weighted by atomic mass is 9.99. The van der Waals surface area contributed by atoms with Gasteiger partial charge in [-0.25, -0.2) is 0 Å². The van der Waals surface area contributed by atoms with Gasteiger partial charge in [-0.2, -0.15) is 0 Å². The molecule has 0 atom stereocenters. The molecule has 1 aromatic heterocycles. The molecular weight excluding hydrogens is 256 g/mol. The zero-order valence-corrected chi connectivity index (χ0v) is 11.4. The van der Waals surface area contributed by atoms with Crippen LogP contribution in [0.2, 0.25) is 0 Å². The minimum Gasteiger partial charge on any atom is -0.411 e.